The second-order valence-corrected chi connectivity index (χ2v) is 7.75. The van der Waals surface area contributed by atoms with Crippen LogP contribution in [0.5, 0.6) is 0 Å². The number of carbonyl (C=O) groups excluding carboxylic acids is 1. The van der Waals surface area contributed by atoms with E-state index >= 15 is 0 Å². The van der Waals surface area contributed by atoms with Crippen molar-refractivity contribution < 1.29 is 19.4 Å². The van der Waals surface area contributed by atoms with Crippen LogP contribution in [0.15, 0.2) is 60.7 Å². The number of nitrogens with zero attached hydrogens (tertiary/aromatic N) is 1. The summed E-state index contributed by atoms with van der Waals surface area (Å²) in [4.78, 5) is 27.1. The number of carbonyl (C=O) groups is 2. The maximum absolute atomic E-state index is 13.1. The molecule has 1 aliphatic heterocycles. The van der Waals surface area contributed by atoms with Crippen molar-refractivity contribution in [3.05, 3.63) is 71.8 Å². The maximum atomic E-state index is 13.1. The lowest BCUT2D eigenvalue weighted by atomic mass is 9.68. The summed E-state index contributed by atoms with van der Waals surface area (Å²) in [6.45, 7) is 0.186. The largest absolute Gasteiger partial charge is 0.481 e. The van der Waals surface area contributed by atoms with Crippen LogP contribution in [0, 0.1) is 11.8 Å². The molecule has 0 radical (unpaired) electrons. The predicted molar refractivity (Wildman–Crippen MR) is 105 cm³/mol. The zero-order chi connectivity index (χ0) is 19.5. The fourth-order valence-electron chi connectivity index (χ4n) is 4.85. The lowest BCUT2D eigenvalue weighted by Crippen LogP contribution is -2.55. The minimum Gasteiger partial charge on any atom is -0.481 e. The van der Waals surface area contributed by atoms with Crippen molar-refractivity contribution in [2.45, 2.75) is 44.4 Å². The Hall–Kier alpha value is -2.82. The first-order valence-corrected chi connectivity index (χ1v) is 9.92. The smallest absolute Gasteiger partial charge is 0.410 e. The lowest BCUT2D eigenvalue weighted by Gasteiger charge is -2.50. The second kappa shape index (κ2) is 8.05. The zero-order valence-corrected chi connectivity index (χ0v) is 15.7. The Morgan fingerprint density at radius 3 is 2.36 bits per heavy atom. The molecule has 2 aromatic rings. The molecule has 146 valence electrons. The van der Waals surface area contributed by atoms with Crippen molar-refractivity contribution in [2.24, 2.45) is 11.8 Å². The highest BCUT2D eigenvalue weighted by Gasteiger charge is 2.50. The summed E-state index contributed by atoms with van der Waals surface area (Å²) in [6.07, 6.45) is 3.06. The molecule has 2 aromatic carbocycles. The van der Waals surface area contributed by atoms with Crippen molar-refractivity contribution in [1.82, 2.24) is 4.90 Å². The van der Waals surface area contributed by atoms with E-state index in [0.29, 0.717) is 0 Å². The number of piperidine rings is 1. The van der Waals surface area contributed by atoms with Gasteiger partial charge in [-0.3, -0.25) is 9.69 Å². The first-order valence-electron chi connectivity index (χ1n) is 9.92. The molecule has 1 amide bonds. The topological polar surface area (TPSA) is 66.8 Å². The van der Waals surface area contributed by atoms with Crippen LogP contribution in [0.1, 0.15) is 42.9 Å². The van der Waals surface area contributed by atoms with E-state index in [-0.39, 0.29) is 18.6 Å². The van der Waals surface area contributed by atoms with Gasteiger partial charge < -0.3 is 9.84 Å². The molecule has 2 bridgehead atoms. The SMILES string of the molecule is O=C(O)C1C2CCCC(C2)N(C(=O)OCc2ccccc2)C1c1ccccc1. The molecule has 28 heavy (non-hydrogen) atoms. The highest BCUT2D eigenvalue weighted by Crippen LogP contribution is 2.48. The van der Waals surface area contributed by atoms with Gasteiger partial charge in [0.1, 0.15) is 6.61 Å². The molecule has 1 saturated heterocycles. The fourth-order valence-corrected chi connectivity index (χ4v) is 4.85. The lowest BCUT2D eigenvalue weighted by molar-refractivity contribution is -0.152. The number of hydrogen-bond donors (Lipinski definition) is 1. The summed E-state index contributed by atoms with van der Waals surface area (Å²) >= 11 is 0. The number of carboxylic acids is 1. The number of hydrogen-bond acceptors (Lipinski definition) is 3. The van der Waals surface area contributed by atoms with Gasteiger partial charge in [-0.15, -0.1) is 0 Å². The number of aliphatic carboxylic acids is 1. The van der Waals surface area contributed by atoms with Crippen LogP contribution < -0.4 is 0 Å². The Kier molecular flexibility index (Phi) is 5.33. The number of ether oxygens (including phenoxy) is 1. The number of fused-ring (bicyclic) bond motifs is 2. The molecule has 4 atom stereocenters. The van der Waals surface area contributed by atoms with Crippen LogP contribution in [-0.2, 0) is 16.1 Å². The highest BCUT2D eigenvalue weighted by molar-refractivity contribution is 5.75. The number of benzene rings is 2. The Morgan fingerprint density at radius 1 is 1.00 bits per heavy atom. The number of rotatable bonds is 4. The minimum absolute atomic E-state index is 0.0304. The molecular formula is C23H25NO4. The second-order valence-electron chi connectivity index (χ2n) is 7.75. The van der Waals surface area contributed by atoms with Gasteiger partial charge in [-0.2, -0.15) is 0 Å². The van der Waals surface area contributed by atoms with Gasteiger partial charge in [0.15, 0.2) is 0 Å². The monoisotopic (exact) mass is 379 g/mol. The first-order chi connectivity index (χ1) is 13.6. The Morgan fingerprint density at radius 2 is 1.68 bits per heavy atom. The maximum Gasteiger partial charge on any atom is 0.410 e. The normalized spacial score (nSPS) is 26.5. The van der Waals surface area contributed by atoms with Gasteiger partial charge in [0.05, 0.1) is 12.0 Å². The van der Waals surface area contributed by atoms with Gasteiger partial charge in [0, 0.05) is 6.04 Å². The summed E-state index contributed by atoms with van der Waals surface area (Å²) in [6, 6.07) is 18.6. The van der Waals surface area contributed by atoms with E-state index in [1.807, 2.05) is 60.7 Å². The average Bonchev–Trinajstić information content (AvgIpc) is 2.73. The van der Waals surface area contributed by atoms with E-state index in [2.05, 4.69) is 0 Å². The summed E-state index contributed by atoms with van der Waals surface area (Å²) in [7, 11) is 0. The molecule has 1 N–H and O–H groups in total. The van der Waals surface area contributed by atoms with Gasteiger partial charge in [-0.05, 0) is 36.3 Å². The van der Waals surface area contributed by atoms with Gasteiger partial charge in [0.25, 0.3) is 0 Å². The van der Waals surface area contributed by atoms with E-state index in [9.17, 15) is 14.7 Å². The van der Waals surface area contributed by atoms with E-state index in [4.69, 9.17) is 4.74 Å². The Labute approximate surface area is 164 Å². The van der Waals surface area contributed by atoms with Gasteiger partial charge in [0.2, 0.25) is 0 Å². The van der Waals surface area contributed by atoms with Crippen molar-refractivity contribution in [1.29, 1.82) is 0 Å². The van der Waals surface area contributed by atoms with Crippen LogP contribution in [0.2, 0.25) is 0 Å². The molecule has 1 saturated carbocycles. The van der Waals surface area contributed by atoms with Crippen molar-refractivity contribution in [2.75, 3.05) is 0 Å². The van der Waals surface area contributed by atoms with E-state index in [0.717, 1.165) is 36.8 Å². The standard InChI is InChI=1S/C23H25NO4/c25-22(26)20-18-12-7-13-19(14-18)24(21(20)17-10-5-2-6-11-17)23(27)28-15-16-8-3-1-4-9-16/h1-6,8-11,18-21H,7,12-15H2,(H,25,26). The minimum atomic E-state index is -0.833. The third kappa shape index (κ3) is 3.61. The van der Waals surface area contributed by atoms with Crippen molar-refractivity contribution in [3.63, 3.8) is 0 Å². The fraction of sp³-hybridized carbons (Fsp3) is 0.391. The first kappa shape index (κ1) is 18.5. The zero-order valence-electron chi connectivity index (χ0n) is 15.7. The number of amides is 1. The predicted octanol–water partition coefficient (Wildman–Crippen LogP) is 4.64. The van der Waals surface area contributed by atoms with Crippen LogP contribution in [-0.4, -0.2) is 28.1 Å². The average molecular weight is 379 g/mol. The van der Waals surface area contributed by atoms with E-state index < -0.39 is 24.0 Å². The Balaban J connectivity index is 1.64. The van der Waals surface area contributed by atoms with Crippen LogP contribution in [0.25, 0.3) is 0 Å². The van der Waals surface area contributed by atoms with E-state index in [1.54, 1.807) is 4.90 Å². The molecule has 2 fully saturated rings. The third-order valence-corrected chi connectivity index (χ3v) is 6.07. The molecule has 4 unspecified atom stereocenters. The highest BCUT2D eigenvalue weighted by atomic mass is 16.6. The molecule has 1 heterocycles. The molecule has 0 aromatic heterocycles. The quantitative estimate of drug-likeness (QED) is 0.840. The molecule has 5 nitrogen and oxygen atoms in total. The Bertz CT molecular complexity index is 823. The van der Waals surface area contributed by atoms with Crippen LogP contribution >= 0.6 is 0 Å². The summed E-state index contributed by atoms with van der Waals surface area (Å²) in [5.74, 6) is -1.34. The van der Waals surface area contributed by atoms with Crippen LogP contribution in [0.3, 0.4) is 0 Å². The van der Waals surface area contributed by atoms with Gasteiger partial charge in [-0.25, -0.2) is 4.79 Å². The van der Waals surface area contributed by atoms with Crippen LogP contribution in [0.4, 0.5) is 4.79 Å². The summed E-state index contributed by atoms with van der Waals surface area (Å²) < 4.78 is 5.63. The molecule has 2 aliphatic rings. The molecule has 4 rings (SSSR count). The van der Waals surface area contributed by atoms with Crippen molar-refractivity contribution in [3.8, 4) is 0 Å². The number of carboxylic acid groups (broad SMARTS) is 1. The molecule has 5 heteroatoms. The van der Waals surface area contributed by atoms with E-state index in [1.165, 1.54) is 0 Å². The van der Waals surface area contributed by atoms with Crippen molar-refractivity contribution >= 4 is 12.1 Å². The summed E-state index contributed by atoms with van der Waals surface area (Å²) in [5.41, 5.74) is 1.78. The van der Waals surface area contributed by atoms with Gasteiger partial charge in [-0.1, -0.05) is 67.1 Å². The summed E-state index contributed by atoms with van der Waals surface area (Å²) in [5, 5.41) is 10.0. The van der Waals surface area contributed by atoms with Gasteiger partial charge >= 0.3 is 12.1 Å². The number of likely N-dealkylation sites (tertiary alicyclic amines) is 1. The molecule has 0 spiro atoms. The molecular weight excluding hydrogens is 354 g/mol. The molecule has 1 aliphatic carbocycles. The third-order valence-electron chi connectivity index (χ3n) is 6.07.